The summed E-state index contributed by atoms with van der Waals surface area (Å²) in [4.78, 5) is 15.8. The highest BCUT2D eigenvalue weighted by Gasteiger charge is 2.04. The second-order valence-corrected chi connectivity index (χ2v) is 4.06. The fraction of sp³-hybridized carbons (Fsp3) is 0.429. The van der Waals surface area contributed by atoms with Gasteiger partial charge in [-0.3, -0.25) is 4.79 Å². The zero-order valence-electron chi connectivity index (χ0n) is 11.3. The highest BCUT2D eigenvalue weighted by atomic mass is 16.5. The molecule has 5 nitrogen and oxygen atoms in total. The van der Waals surface area contributed by atoms with Gasteiger partial charge in [0.1, 0.15) is 5.82 Å². The van der Waals surface area contributed by atoms with Crippen LogP contribution in [0.3, 0.4) is 0 Å². The number of ether oxygens (including phenoxy) is 1. The third-order valence-corrected chi connectivity index (χ3v) is 2.51. The van der Waals surface area contributed by atoms with Gasteiger partial charge in [0.05, 0.1) is 5.56 Å². The van der Waals surface area contributed by atoms with Crippen molar-refractivity contribution >= 4 is 11.7 Å². The molecule has 0 aliphatic rings. The second-order valence-electron chi connectivity index (χ2n) is 4.06. The number of unbranched alkanes of at least 4 members (excludes halogenated alkanes) is 1. The Morgan fingerprint density at radius 3 is 2.95 bits per heavy atom. The molecule has 1 amide bonds. The molecule has 0 aromatic carbocycles. The molecule has 5 heteroatoms. The molecule has 1 heterocycles. The average molecular weight is 263 g/mol. The molecular formula is C14H21N3O2. The third kappa shape index (κ3) is 6.01. The monoisotopic (exact) mass is 263 g/mol. The van der Waals surface area contributed by atoms with Crippen LogP contribution >= 0.6 is 0 Å². The Bertz CT molecular complexity index is 390. The molecule has 1 aromatic rings. The zero-order valence-corrected chi connectivity index (χ0v) is 11.3. The summed E-state index contributed by atoms with van der Waals surface area (Å²) in [6.07, 6.45) is 5.25. The summed E-state index contributed by atoms with van der Waals surface area (Å²) in [6.45, 7) is 5.62. The van der Waals surface area contributed by atoms with Gasteiger partial charge in [0.2, 0.25) is 0 Å². The summed E-state index contributed by atoms with van der Waals surface area (Å²) in [5.74, 6) is 0.636. The molecule has 0 aliphatic carbocycles. The van der Waals surface area contributed by atoms with E-state index in [-0.39, 0.29) is 5.91 Å². The molecule has 0 atom stereocenters. The van der Waals surface area contributed by atoms with Crippen LogP contribution in [0.1, 0.15) is 23.2 Å². The maximum atomic E-state index is 11.6. The predicted molar refractivity (Wildman–Crippen MR) is 76.4 cm³/mol. The lowest BCUT2D eigenvalue weighted by molar-refractivity contribution is 0.0957. The van der Waals surface area contributed by atoms with E-state index in [1.165, 1.54) is 0 Å². The number of pyridine rings is 1. The first-order valence-electron chi connectivity index (χ1n) is 6.36. The van der Waals surface area contributed by atoms with E-state index in [1.54, 1.807) is 31.5 Å². The van der Waals surface area contributed by atoms with Crippen LogP contribution < -0.4 is 10.6 Å². The van der Waals surface area contributed by atoms with Crippen molar-refractivity contribution in [3.05, 3.63) is 36.5 Å². The van der Waals surface area contributed by atoms with Gasteiger partial charge in [0.15, 0.2) is 0 Å². The molecule has 1 rings (SSSR count). The van der Waals surface area contributed by atoms with E-state index in [9.17, 15) is 4.79 Å². The molecule has 0 fully saturated rings. The van der Waals surface area contributed by atoms with Gasteiger partial charge in [0, 0.05) is 33.0 Å². The first-order chi connectivity index (χ1) is 9.27. The Morgan fingerprint density at radius 1 is 1.47 bits per heavy atom. The van der Waals surface area contributed by atoms with Gasteiger partial charge in [-0.25, -0.2) is 4.98 Å². The molecule has 0 radical (unpaired) electrons. The average Bonchev–Trinajstić information content (AvgIpc) is 2.45. The molecular weight excluding hydrogens is 242 g/mol. The first-order valence-corrected chi connectivity index (χ1v) is 6.36. The van der Waals surface area contributed by atoms with Crippen LogP contribution in [0.4, 0.5) is 5.82 Å². The van der Waals surface area contributed by atoms with Gasteiger partial charge >= 0.3 is 0 Å². The minimum atomic E-state index is -0.140. The van der Waals surface area contributed by atoms with E-state index >= 15 is 0 Å². The van der Waals surface area contributed by atoms with Crippen molar-refractivity contribution in [1.82, 2.24) is 10.3 Å². The van der Waals surface area contributed by atoms with Crippen LogP contribution in [0.5, 0.6) is 0 Å². The topological polar surface area (TPSA) is 63.2 Å². The standard InChI is InChI=1S/C14H21N3O2/c1-3-8-16-14(18)12-6-7-13(17-11-12)15-9-4-5-10-19-2/h3,6-7,11H,1,4-5,8-10H2,2H3,(H,15,17)(H,16,18). The highest BCUT2D eigenvalue weighted by molar-refractivity contribution is 5.94. The number of methoxy groups -OCH3 is 1. The summed E-state index contributed by atoms with van der Waals surface area (Å²) in [7, 11) is 1.70. The van der Waals surface area contributed by atoms with E-state index in [1.807, 2.05) is 0 Å². The number of amides is 1. The van der Waals surface area contributed by atoms with Crippen LogP contribution in [-0.4, -0.2) is 37.7 Å². The van der Waals surface area contributed by atoms with Crippen LogP contribution in [-0.2, 0) is 4.74 Å². The van der Waals surface area contributed by atoms with Crippen LogP contribution in [0.25, 0.3) is 0 Å². The van der Waals surface area contributed by atoms with Crippen LogP contribution in [0, 0.1) is 0 Å². The Balaban J connectivity index is 2.34. The predicted octanol–water partition coefficient (Wildman–Crippen LogP) is 1.84. The molecule has 0 spiro atoms. The van der Waals surface area contributed by atoms with Crippen LogP contribution in [0.2, 0.25) is 0 Å². The highest BCUT2D eigenvalue weighted by Crippen LogP contribution is 2.05. The first kappa shape index (κ1) is 15.2. The number of carbonyl (C=O) groups excluding carboxylic acids is 1. The maximum absolute atomic E-state index is 11.6. The van der Waals surface area contributed by atoms with E-state index in [2.05, 4.69) is 22.2 Å². The van der Waals surface area contributed by atoms with E-state index in [0.29, 0.717) is 12.1 Å². The Hall–Kier alpha value is -1.88. The van der Waals surface area contributed by atoms with Gasteiger partial charge in [0.25, 0.3) is 5.91 Å². The van der Waals surface area contributed by atoms with Gasteiger partial charge in [-0.15, -0.1) is 6.58 Å². The molecule has 104 valence electrons. The summed E-state index contributed by atoms with van der Waals surface area (Å²) in [6, 6.07) is 3.56. The molecule has 0 aliphatic heterocycles. The number of rotatable bonds is 9. The fourth-order valence-electron chi connectivity index (χ4n) is 1.49. The Labute approximate surface area is 114 Å². The van der Waals surface area contributed by atoms with Crippen molar-refractivity contribution in [3.63, 3.8) is 0 Å². The molecule has 0 saturated carbocycles. The number of nitrogens with one attached hydrogen (secondary N) is 2. The van der Waals surface area contributed by atoms with E-state index < -0.39 is 0 Å². The number of carbonyl (C=O) groups is 1. The van der Waals surface area contributed by atoms with Gasteiger partial charge in [-0.1, -0.05) is 6.08 Å². The minimum Gasteiger partial charge on any atom is -0.385 e. The third-order valence-electron chi connectivity index (χ3n) is 2.51. The lowest BCUT2D eigenvalue weighted by Gasteiger charge is -2.06. The smallest absolute Gasteiger partial charge is 0.253 e. The molecule has 0 bridgehead atoms. The lowest BCUT2D eigenvalue weighted by atomic mass is 10.2. The van der Waals surface area contributed by atoms with E-state index in [4.69, 9.17) is 4.74 Å². The number of aromatic nitrogens is 1. The van der Waals surface area contributed by atoms with Crippen molar-refractivity contribution in [2.45, 2.75) is 12.8 Å². The van der Waals surface area contributed by atoms with Crippen molar-refractivity contribution in [3.8, 4) is 0 Å². The quantitative estimate of drug-likeness (QED) is 0.527. The number of hydrogen-bond donors (Lipinski definition) is 2. The van der Waals surface area contributed by atoms with Crippen LogP contribution in [0.15, 0.2) is 31.0 Å². The largest absolute Gasteiger partial charge is 0.385 e. The normalized spacial score (nSPS) is 9.95. The molecule has 19 heavy (non-hydrogen) atoms. The zero-order chi connectivity index (χ0) is 13.9. The van der Waals surface area contributed by atoms with Crippen molar-refractivity contribution < 1.29 is 9.53 Å². The fourth-order valence-corrected chi connectivity index (χ4v) is 1.49. The van der Waals surface area contributed by atoms with Crippen molar-refractivity contribution in [1.29, 1.82) is 0 Å². The SMILES string of the molecule is C=CCNC(=O)c1ccc(NCCCCOC)nc1. The Kier molecular flexibility index (Phi) is 7.27. The molecule has 0 unspecified atom stereocenters. The summed E-state index contributed by atoms with van der Waals surface area (Å²) in [5, 5.41) is 5.90. The number of nitrogens with zero attached hydrogens (tertiary/aromatic N) is 1. The van der Waals surface area contributed by atoms with Crippen molar-refractivity contribution in [2.24, 2.45) is 0 Å². The lowest BCUT2D eigenvalue weighted by Crippen LogP contribution is -2.23. The number of anilines is 1. The summed E-state index contributed by atoms with van der Waals surface area (Å²) in [5.41, 5.74) is 0.548. The molecule has 2 N–H and O–H groups in total. The van der Waals surface area contributed by atoms with Gasteiger partial charge < -0.3 is 15.4 Å². The molecule has 1 aromatic heterocycles. The van der Waals surface area contributed by atoms with Gasteiger partial charge in [-0.05, 0) is 25.0 Å². The van der Waals surface area contributed by atoms with Crippen molar-refractivity contribution in [2.75, 3.05) is 32.1 Å². The van der Waals surface area contributed by atoms with E-state index in [0.717, 1.165) is 31.8 Å². The number of hydrogen-bond acceptors (Lipinski definition) is 4. The Morgan fingerprint density at radius 2 is 2.32 bits per heavy atom. The second kappa shape index (κ2) is 9.10. The van der Waals surface area contributed by atoms with Gasteiger partial charge in [-0.2, -0.15) is 0 Å². The molecule has 0 saturated heterocycles. The maximum Gasteiger partial charge on any atom is 0.253 e. The summed E-state index contributed by atoms with van der Waals surface area (Å²) >= 11 is 0. The summed E-state index contributed by atoms with van der Waals surface area (Å²) < 4.78 is 4.97. The minimum absolute atomic E-state index is 0.140.